The molecule has 0 bridgehead atoms. The summed E-state index contributed by atoms with van der Waals surface area (Å²) in [5, 5.41) is 0. The lowest BCUT2D eigenvalue weighted by Crippen LogP contribution is -2.43. The van der Waals surface area contributed by atoms with Crippen LogP contribution in [-0.4, -0.2) is 35.8 Å². The van der Waals surface area contributed by atoms with Crippen molar-refractivity contribution in [1.82, 2.24) is 4.90 Å². The van der Waals surface area contributed by atoms with Crippen LogP contribution in [0.15, 0.2) is 24.3 Å². The molecule has 142 valence electrons. The van der Waals surface area contributed by atoms with E-state index in [1.807, 2.05) is 19.1 Å². The number of carbonyl (C=O) groups excluding carboxylic acids is 2. The number of unbranched alkanes of at least 4 members (excludes halogenated alkanes) is 1. The summed E-state index contributed by atoms with van der Waals surface area (Å²) in [5.74, 6) is -0.514. The maximum absolute atomic E-state index is 13.2. The second-order valence-corrected chi connectivity index (χ2v) is 7.82. The number of likely N-dealkylation sites (tertiary alicyclic amines) is 1. The van der Waals surface area contributed by atoms with Crippen molar-refractivity contribution >= 4 is 17.5 Å². The molecule has 4 heteroatoms. The van der Waals surface area contributed by atoms with Gasteiger partial charge < -0.3 is 0 Å². The molecule has 0 N–H and O–H groups in total. The van der Waals surface area contributed by atoms with Crippen LogP contribution in [0.4, 0.5) is 5.69 Å². The van der Waals surface area contributed by atoms with E-state index in [1.54, 1.807) is 0 Å². The molecule has 1 aromatic rings. The molecule has 1 aromatic carbocycles. The number of nitrogens with zero attached hydrogens (tertiary/aromatic N) is 2. The highest BCUT2D eigenvalue weighted by molar-refractivity contribution is 6.22. The van der Waals surface area contributed by atoms with Crippen molar-refractivity contribution in [2.75, 3.05) is 18.0 Å². The van der Waals surface area contributed by atoms with Gasteiger partial charge in [-0.3, -0.25) is 19.4 Å². The number of hydrogen-bond acceptors (Lipinski definition) is 3. The molecule has 0 aromatic heterocycles. The average Bonchev–Trinajstić information content (AvgIpc) is 3.25. The minimum Gasteiger partial charge on any atom is -0.300 e. The maximum atomic E-state index is 13.2. The van der Waals surface area contributed by atoms with Crippen LogP contribution in [0.5, 0.6) is 0 Å². The molecule has 0 radical (unpaired) electrons. The van der Waals surface area contributed by atoms with Crippen molar-refractivity contribution in [2.45, 2.75) is 65.3 Å². The number of anilines is 1. The highest BCUT2D eigenvalue weighted by Crippen LogP contribution is 2.36. The Morgan fingerprint density at radius 2 is 1.69 bits per heavy atom. The average molecular weight is 357 g/mol. The second kappa shape index (κ2) is 8.34. The molecule has 3 atom stereocenters. The van der Waals surface area contributed by atoms with Gasteiger partial charge in [-0.2, -0.15) is 0 Å². The summed E-state index contributed by atoms with van der Waals surface area (Å²) in [7, 11) is 0. The number of carbonyl (C=O) groups is 2. The van der Waals surface area contributed by atoms with Gasteiger partial charge in [0.05, 0.1) is 11.6 Å². The normalized spacial score (nSPS) is 25.3. The van der Waals surface area contributed by atoms with Gasteiger partial charge in [0.25, 0.3) is 0 Å². The molecule has 2 aliphatic heterocycles. The lowest BCUT2D eigenvalue weighted by Gasteiger charge is -2.31. The Balaban J connectivity index is 1.80. The van der Waals surface area contributed by atoms with Gasteiger partial charge in [-0.25, -0.2) is 0 Å². The lowest BCUT2D eigenvalue weighted by atomic mass is 9.87. The first-order chi connectivity index (χ1) is 12.6. The largest absolute Gasteiger partial charge is 0.300 e. The number of benzene rings is 1. The van der Waals surface area contributed by atoms with E-state index in [2.05, 4.69) is 30.9 Å². The van der Waals surface area contributed by atoms with Crippen LogP contribution in [0.3, 0.4) is 0 Å². The first-order valence-corrected chi connectivity index (χ1v) is 10.3. The van der Waals surface area contributed by atoms with Crippen LogP contribution in [0.2, 0.25) is 0 Å². The fraction of sp³-hybridized carbons (Fsp3) is 0.636. The molecule has 3 rings (SSSR count). The Morgan fingerprint density at radius 3 is 2.27 bits per heavy atom. The molecule has 26 heavy (non-hydrogen) atoms. The smallest absolute Gasteiger partial charge is 0.239 e. The second-order valence-electron chi connectivity index (χ2n) is 7.82. The lowest BCUT2D eigenvalue weighted by molar-refractivity contribution is -0.123. The van der Waals surface area contributed by atoms with Crippen molar-refractivity contribution in [2.24, 2.45) is 11.8 Å². The van der Waals surface area contributed by atoms with Crippen LogP contribution in [0.1, 0.15) is 58.4 Å². The van der Waals surface area contributed by atoms with E-state index in [4.69, 9.17) is 0 Å². The molecule has 2 heterocycles. The molecule has 2 aliphatic rings. The third-order valence-electron chi connectivity index (χ3n) is 6.11. The van der Waals surface area contributed by atoms with Crippen molar-refractivity contribution in [1.29, 1.82) is 0 Å². The van der Waals surface area contributed by atoms with Crippen molar-refractivity contribution in [3.8, 4) is 0 Å². The van der Waals surface area contributed by atoms with E-state index in [0.717, 1.165) is 38.0 Å². The van der Waals surface area contributed by atoms with Gasteiger partial charge in [-0.05, 0) is 62.9 Å². The molecule has 2 fully saturated rings. The summed E-state index contributed by atoms with van der Waals surface area (Å²) < 4.78 is 0. The van der Waals surface area contributed by atoms with Crippen molar-refractivity contribution < 1.29 is 9.59 Å². The number of rotatable bonds is 7. The van der Waals surface area contributed by atoms with Crippen LogP contribution >= 0.6 is 0 Å². The maximum Gasteiger partial charge on any atom is 0.239 e. The number of amides is 2. The van der Waals surface area contributed by atoms with Crippen molar-refractivity contribution in [3.63, 3.8) is 0 Å². The number of imide groups is 1. The fourth-order valence-corrected chi connectivity index (χ4v) is 4.59. The van der Waals surface area contributed by atoms with Crippen LogP contribution < -0.4 is 4.90 Å². The van der Waals surface area contributed by atoms with Gasteiger partial charge in [0, 0.05) is 12.0 Å². The molecule has 3 unspecified atom stereocenters. The summed E-state index contributed by atoms with van der Waals surface area (Å²) in [6.45, 7) is 8.35. The van der Waals surface area contributed by atoms with E-state index >= 15 is 0 Å². The minimum absolute atomic E-state index is 0.0115. The summed E-state index contributed by atoms with van der Waals surface area (Å²) in [6.07, 6.45) is 6.68. The minimum atomic E-state index is -0.243. The summed E-state index contributed by atoms with van der Waals surface area (Å²) in [5.41, 5.74) is 1.99. The predicted molar refractivity (Wildman–Crippen MR) is 105 cm³/mol. The summed E-state index contributed by atoms with van der Waals surface area (Å²) in [4.78, 5) is 30.0. The number of aryl methyl sites for hydroxylation is 1. The van der Waals surface area contributed by atoms with Gasteiger partial charge in [-0.1, -0.05) is 39.3 Å². The highest BCUT2D eigenvalue weighted by Gasteiger charge is 2.50. The van der Waals surface area contributed by atoms with Gasteiger partial charge in [-0.15, -0.1) is 0 Å². The first kappa shape index (κ1) is 19.1. The zero-order valence-electron chi connectivity index (χ0n) is 16.4. The molecular formula is C22H32N2O2. The molecule has 0 aliphatic carbocycles. The SMILES string of the molecule is CCCCc1ccc(N2C(=O)C(C)C(C(CC)N3CCCC3)C2=O)cc1. The molecule has 0 spiro atoms. The third kappa shape index (κ3) is 3.57. The molecule has 0 saturated carbocycles. The highest BCUT2D eigenvalue weighted by atomic mass is 16.2. The molecular weight excluding hydrogens is 324 g/mol. The zero-order valence-corrected chi connectivity index (χ0v) is 16.4. The van der Waals surface area contributed by atoms with Crippen molar-refractivity contribution in [3.05, 3.63) is 29.8 Å². The van der Waals surface area contributed by atoms with E-state index in [-0.39, 0.29) is 29.7 Å². The predicted octanol–water partition coefficient (Wildman–Crippen LogP) is 4.03. The Kier molecular flexibility index (Phi) is 6.13. The standard InChI is InChI=1S/C22H32N2O2/c1-4-6-9-17-10-12-18(13-11-17)24-21(25)16(3)20(22(24)26)19(5-2)23-14-7-8-15-23/h10-13,16,19-20H,4-9,14-15H2,1-3H3. The van der Waals surface area contributed by atoms with E-state index in [1.165, 1.54) is 29.7 Å². The monoisotopic (exact) mass is 356 g/mol. The Bertz CT molecular complexity index is 634. The van der Waals surface area contributed by atoms with Crippen LogP contribution in [0, 0.1) is 11.8 Å². The van der Waals surface area contributed by atoms with Crippen LogP contribution in [0.25, 0.3) is 0 Å². The third-order valence-corrected chi connectivity index (χ3v) is 6.11. The summed E-state index contributed by atoms with van der Waals surface area (Å²) >= 11 is 0. The summed E-state index contributed by atoms with van der Waals surface area (Å²) in [6, 6.07) is 8.17. The Labute approximate surface area is 157 Å². The first-order valence-electron chi connectivity index (χ1n) is 10.3. The topological polar surface area (TPSA) is 40.6 Å². The number of hydrogen-bond donors (Lipinski definition) is 0. The molecule has 2 saturated heterocycles. The van der Waals surface area contributed by atoms with E-state index < -0.39 is 0 Å². The van der Waals surface area contributed by atoms with Gasteiger partial charge >= 0.3 is 0 Å². The Hall–Kier alpha value is -1.68. The quantitative estimate of drug-likeness (QED) is 0.693. The zero-order chi connectivity index (χ0) is 18.7. The fourth-order valence-electron chi connectivity index (χ4n) is 4.59. The van der Waals surface area contributed by atoms with E-state index in [9.17, 15) is 9.59 Å². The molecule has 2 amide bonds. The van der Waals surface area contributed by atoms with E-state index in [0.29, 0.717) is 0 Å². The van der Waals surface area contributed by atoms with Crippen LogP contribution in [-0.2, 0) is 16.0 Å². The Morgan fingerprint density at radius 1 is 1.04 bits per heavy atom. The van der Waals surface area contributed by atoms with Gasteiger partial charge in [0.1, 0.15) is 0 Å². The molecule has 4 nitrogen and oxygen atoms in total. The van der Waals surface area contributed by atoms with Gasteiger partial charge in [0.15, 0.2) is 0 Å². The van der Waals surface area contributed by atoms with Gasteiger partial charge in [0.2, 0.25) is 11.8 Å².